The van der Waals surface area contributed by atoms with E-state index in [1.807, 2.05) is 26.0 Å². The molecule has 1 aliphatic heterocycles. The third-order valence-corrected chi connectivity index (χ3v) is 5.59. The van der Waals surface area contributed by atoms with Gasteiger partial charge in [0, 0.05) is 23.6 Å². The molecule has 0 spiro atoms. The largest absolute Gasteiger partial charge is 0.507 e. The Morgan fingerprint density at radius 1 is 1.06 bits per heavy atom. The number of aromatic nitrogens is 1. The predicted octanol–water partition coefficient (Wildman–Crippen LogP) is 5.12. The number of benzene rings is 2. The quantitative estimate of drug-likeness (QED) is 0.351. The van der Waals surface area contributed by atoms with Gasteiger partial charge in [0.25, 0.3) is 11.7 Å². The second-order valence-electron chi connectivity index (χ2n) is 7.37. The van der Waals surface area contributed by atoms with E-state index in [9.17, 15) is 19.1 Å². The van der Waals surface area contributed by atoms with Crippen LogP contribution in [0.2, 0.25) is 5.02 Å². The van der Waals surface area contributed by atoms with Crippen LogP contribution in [0.15, 0.2) is 66.5 Å². The van der Waals surface area contributed by atoms with E-state index in [-0.39, 0.29) is 22.0 Å². The third-order valence-electron chi connectivity index (χ3n) is 5.30. The van der Waals surface area contributed by atoms with Crippen molar-refractivity contribution in [3.63, 3.8) is 0 Å². The smallest absolute Gasteiger partial charge is 0.300 e. The summed E-state index contributed by atoms with van der Waals surface area (Å²) in [6.45, 7) is 3.68. The van der Waals surface area contributed by atoms with E-state index in [4.69, 9.17) is 11.6 Å². The van der Waals surface area contributed by atoms with Gasteiger partial charge in [0.05, 0.1) is 16.6 Å². The molecule has 0 aliphatic carbocycles. The van der Waals surface area contributed by atoms with E-state index in [0.29, 0.717) is 11.1 Å². The Bertz CT molecular complexity index is 1240. The van der Waals surface area contributed by atoms with Gasteiger partial charge in [-0.25, -0.2) is 4.39 Å². The number of hydrogen-bond acceptors (Lipinski definition) is 4. The molecule has 5 nitrogen and oxygen atoms in total. The molecule has 1 aromatic heterocycles. The Labute approximate surface area is 183 Å². The second kappa shape index (κ2) is 7.96. The van der Waals surface area contributed by atoms with Crippen molar-refractivity contribution in [1.82, 2.24) is 4.98 Å². The highest BCUT2D eigenvalue weighted by Gasteiger charge is 2.47. The van der Waals surface area contributed by atoms with Crippen LogP contribution in [0.4, 0.5) is 10.1 Å². The third kappa shape index (κ3) is 3.59. The zero-order valence-corrected chi connectivity index (χ0v) is 17.5. The minimum atomic E-state index is -0.926. The first-order valence-corrected chi connectivity index (χ1v) is 9.91. The van der Waals surface area contributed by atoms with E-state index in [0.717, 1.165) is 17.2 Å². The van der Waals surface area contributed by atoms with Crippen LogP contribution in [0.5, 0.6) is 0 Å². The fourth-order valence-electron chi connectivity index (χ4n) is 3.73. The Balaban J connectivity index is 1.98. The summed E-state index contributed by atoms with van der Waals surface area (Å²) in [5.41, 5.74) is 2.89. The van der Waals surface area contributed by atoms with Crippen LogP contribution in [0.1, 0.15) is 28.3 Å². The average molecular weight is 437 g/mol. The van der Waals surface area contributed by atoms with E-state index in [2.05, 4.69) is 4.98 Å². The molecule has 1 fully saturated rings. The minimum absolute atomic E-state index is 0.0506. The monoisotopic (exact) mass is 436 g/mol. The SMILES string of the molecule is Cc1ccc(C)c(/C(O)=C2\C(=O)C(=O)N(c3ccc(F)c(Cl)c3)C2c2ccncc2)c1. The van der Waals surface area contributed by atoms with Crippen LogP contribution < -0.4 is 4.90 Å². The maximum absolute atomic E-state index is 13.7. The van der Waals surface area contributed by atoms with Gasteiger partial charge in [0.2, 0.25) is 0 Å². The zero-order valence-electron chi connectivity index (χ0n) is 16.8. The summed E-state index contributed by atoms with van der Waals surface area (Å²) in [5.74, 6) is -2.58. The standard InChI is InChI=1S/C24H18ClFN2O3/c1-13-3-4-14(2)17(11-13)22(29)20-21(15-7-9-27-10-8-15)28(24(31)23(20)30)16-5-6-19(26)18(25)12-16/h3-12,21,29H,1-2H3/b22-20+. The average Bonchev–Trinajstić information content (AvgIpc) is 3.03. The number of amides is 1. The fraction of sp³-hybridized carbons (Fsp3) is 0.125. The summed E-state index contributed by atoms with van der Waals surface area (Å²) in [4.78, 5) is 31.4. The van der Waals surface area contributed by atoms with Crippen LogP contribution >= 0.6 is 11.6 Å². The van der Waals surface area contributed by atoms with E-state index < -0.39 is 23.5 Å². The second-order valence-corrected chi connectivity index (χ2v) is 7.77. The lowest BCUT2D eigenvalue weighted by molar-refractivity contribution is -0.132. The summed E-state index contributed by atoms with van der Waals surface area (Å²) < 4.78 is 13.7. The maximum atomic E-state index is 13.7. The molecule has 1 atom stereocenters. The lowest BCUT2D eigenvalue weighted by Crippen LogP contribution is -2.29. The van der Waals surface area contributed by atoms with E-state index in [1.165, 1.54) is 29.4 Å². The van der Waals surface area contributed by atoms with Crippen LogP contribution in [0.25, 0.3) is 5.76 Å². The Morgan fingerprint density at radius 3 is 2.45 bits per heavy atom. The number of aliphatic hydroxyl groups excluding tert-OH is 1. The van der Waals surface area contributed by atoms with E-state index >= 15 is 0 Å². The first-order valence-electron chi connectivity index (χ1n) is 9.53. The van der Waals surface area contributed by atoms with Crippen molar-refractivity contribution in [2.45, 2.75) is 19.9 Å². The first-order chi connectivity index (χ1) is 14.8. The molecule has 156 valence electrons. The summed E-state index contributed by atoms with van der Waals surface area (Å²) in [7, 11) is 0. The summed E-state index contributed by atoms with van der Waals surface area (Å²) in [6, 6.07) is 11.7. The van der Waals surface area contributed by atoms with Gasteiger partial charge in [0.15, 0.2) is 0 Å². The number of hydrogen-bond donors (Lipinski definition) is 1. The molecular weight excluding hydrogens is 419 g/mol. The van der Waals surface area contributed by atoms with E-state index in [1.54, 1.807) is 18.2 Å². The topological polar surface area (TPSA) is 70.5 Å². The van der Waals surface area contributed by atoms with Gasteiger partial charge in [-0.2, -0.15) is 0 Å². The molecule has 4 rings (SSSR count). The van der Waals surface area contributed by atoms with Crippen molar-refractivity contribution in [2.24, 2.45) is 0 Å². The molecule has 1 amide bonds. The molecule has 1 aliphatic rings. The van der Waals surface area contributed by atoms with Gasteiger partial charge >= 0.3 is 0 Å². The van der Waals surface area contributed by atoms with Crippen LogP contribution in [-0.2, 0) is 9.59 Å². The summed E-state index contributed by atoms with van der Waals surface area (Å²) in [5, 5.41) is 11.0. The molecule has 0 saturated carbocycles. The molecule has 3 aromatic rings. The highest BCUT2D eigenvalue weighted by atomic mass is 35.5. The van der Waals surface area contributed by atoms with Crippen LogP contribution in [-0.4, -0.2) is 21.8 Å². The van der Waals surface area contributed by atoms with Crippen molar-refractivity contribution < 1.29 is 19.1 Å². The van der Waals surface area contributed by atoms with Crippen molar-refractivity contribution in [1.29, 1.82) is 0 Å². The van der Waals surface area contributed by atoms with Crippen molar-refractivity contribution in [2.75, 3.05) is 4.90 Å². The Morgan fingerprint density at radius 2 is 1.77 bits per heavy atom. The highest BCUT2D eigenvalue weighted by molar-refractivity contribution is 6.51. The van der Waals surface area contributed by atoms with Crippen molar-refractivity contribution >= 4 is 34.7 Å². The number of aryl methyl sites for hydroxylation is 2. The molecule has 0 radical (unpaired) electrons. The number of carbonyl (C=O) groups is 2. The Kier molecular flexibility index (Phi) is 5.33. The number of carbonyl (C=O) groups excluding carboxylic acids is 2. The number of nitrogens with zero attached hydrogens (tertiary/aromatic N) is 2. The minimum Gasteiger partial charge on any atom is -0.507 e. The fourth-order valence-corrected chi connectivity index (χ4v) is 3.91. The number of ketones is 1. The molecule has 0 bridgehead atoms. The lowest BCUT2D eigenvalue weighted by atomic mass is 9.93. The van der Waals surface area contributed by atoms with Gasteiger partial charge in [-0.3, -0.25) is 19.5 Å². The molecule has 2 heterocycles. The molecule has 1 saturated heterocycles. The zero-order chi connectivity index (χ0) is 22.3. The normalized spacial score (nSPS) is 17.9. The molecular formula is C24H18ClFN2O3. The summed E-state index contributed by atoms with van der Waals surface area (Å²) >= 11 is 5.93. The molecule has 7 heteroatoms. The van der Waals surface area contributed by atoms with Crippen LogP contribution in [0, 0.1) is 19.7 Å². The number of aliphatic hydroxyl groups is 1. The number of halogens is 2. The van der Waals surface area contributed by atoms with Gasteiger partial charge in [-0.1, -0.05) is 29.3 Å². The van der Waals surface area contributed by atoms with Crippen molar-refractivity contribution in [3.8, 4) is 0 Å². The molecule has 1 N–H and O–H groups in total. The van der Waals surface area contributed by atoms with Gasteiger partial charge < -0.3 is 5.11 Å². The number of Topliss-reactive ketones (excluding diaryl/α,β-unsaturated/α-hetero) is 1. The number of pyridine rings is 1. The predicted molar refractivity (Wildman–Crippen MR) is 116 cm³/mol. The highest BCUT2D eigenvalue weighted by Crippen LogP contribution is 2.43. The molecule has 31 heavy (non-hydrogen) atoms. The molecule has 2 aromatic carbocycles. The molecule has 1 unspecified atom stereocenters. The lowest BCUT2D eigenvalue weighted by Gasteiger charge is -2.25. The summed E-state index contributed by atoms with van der Waals surface area (Å²) in [6.07, 6.45) is 3.07. The number of rotatable bonds is 3. The van der Waals surface area contributed by atoms with Gasteiger partial charge in [0.1, 0.15) is 11.6 Å². The van der Waals surface area contributed by atoms with Gasteiger partial charge in [-0.15, -0.1) is 0 Å². The van der Waals surface area contributed by atoms with Crippen molar-refractivity contribution in [3.05, 3.63) is 99.6 Å². The first kappa shape index (κ1) is 20.8. The Hall–Kier alpha value is -3.51. The van der Waals surface area contributed by atoms with Gasteiger partial charge in [-0.05, 0) is 61.4 Å². The number of anilines is 1. The maximum Gasteiger partial charge on any atom is 0.300 e. The van der Waals surface area contributed by atoms with Crippen LogP contribution in [0.3, 0.4) is 0 Å².